The number of carbonyl (C=O) groups excluding carboxylic acids is 1. The van der Waals surface area contributed by atoms with Gasteiger partial charge in [0.25, 0.3) is 0 Å². The number of rotatable bonds is 5. The smallest absolute Gasteiger partial charge is 0.230 e. The van der Waals surface area contributed by atoms with Crippen LogP contribution in [-0.2, 0) is 4.79 Å². The van der Waals surface area contributed by atoms with Crippen LogP contribution in [0, 0.1) is 24.7 Å². The lowest BCUT2D eigenvalue weighted by atomic mass is 9.84. The number of nitrogens with one attached hydrogen (secondary N) is 1. The third-order valence-electron chi connectivity index (χ3n) is 5.28. The van der Waals surface area contributed by atoms with E-state index in [1.165, 1.54) is 36.1 Å². The molecule has 0 heterocycles. The average molecular weight is 303 g/mol. The van der Waals surface area contributed by atoms with Crippen LogP contribution in [0.2, 0.25) is 0 Å². The molecule has 2 saturated carbocycles. The Bertz CT molecular complexity index is 516. The quantitative estimate of drug-likeness (QED) is 0.832. The normalized spacial score (nSPS) is 28.6. The minimum atomic E-state index is 0.179. The van der Waals surface area contributed by atoms with Crippen molar-refractivity contribution in [3.8, 4) is 0 Å². The van der Waals surface area contributed by atoms with E-state index in [2.05, 4.69) is 31.3 Å². The SMILES string of the molecule is Cc1ccccc1SCC(=O)NC(C)C1CC2CCC1C2. The molecule has 1 aromatic rings. The third-order valence-corrected chi connectivity index (χ3v) is 6.45. The minimum Gasteiger partial charge on any atom is -0.353 e. The molecule has 2 aliphatic carbocycles. The first-order valence-corrected chi connectivity index (χ1v) is 9.10. The molecule has 0 aliphatic heterocycles. The molecular weight excluding hydrogens is 278 g/mol. The van der Waals surface area contributed by atoms with E-state index in [4.69, 9.17) is 0 Å². The predicted molar refractivity (Wildman–Crippen MR) is 88.4 cm³/mol. The number of benzene rings is 1. The number of hydrogen-bond donors (Lipinski definition) is 1. The molecule has 2 aliphatic rings. The van der Waals surface area contributed by atoms with Crippen molar-refractivity contribution in [3.63, 3.8) is 0 Å². The highest BCUT2D eigenvalue weighted by Gasteiger charge is 2.42. The summed E-state index contributed by atoms with van der Waals surface area (Å²) < 4.78 is 0. The molecule has 2 nitrogen and oxygen atoms in total. The third kappa shape index (κ3) is 3.45. The summed E-state index contributed by atoms with van der Waals surface area (Å²) >= 11 is 1.64. The summed E-state index contributed by atoms with van der Waals surface area (Å²) in [5, 5.41) is 3.24. The lowest BCUT2D eigenvalue weighted by Gasteiger charge is -2.28. The number of fused-ring (bicyclic) bond motifs is 2. The predicted octanol–water partition coefficient (Wildman–Crippen LogP) is 4.03. The summed E-state index contributed by atoms with van der Waals surface area (Å²) in [6.45, 7) is 4.29. The molecule has 4 atom stereocenters. The molecule has 3 rings (SSSR count). The van der Waals surface area contributed by atoms with Crippen LogP contribution in [0.5, 0.6) is 0 Å². The van der Waals surface area contributed by atoms with Crippen molar-refractivity contribution < 1.29 is 4.79 Å². The number of hydrogen-bond acceptors (Lipinski definition) is 2. The molecule has 1 N–H and O–H groups in total. The van der Waals surface area contributed by atoms with E-state index in [9.17, 15) is 4.79 Å². The van der Waals surface area contributed by atoms with Crippen LogP contribution in [-0.4, -0.2) is 17.7 Å². The molecule has 0 radical (unpaired) electrons. The number of carbonyl (C=O) groups is 1. The van der Waals surface area contributed by atoms with Gasteiger partial charge in [0.1, 0.15) is 0 Å². The van der Waals surface area contributed by atoms with E-state index in [0.717, 1.165) is 17.8 Å². The van der Waals surface area contributed by atoms with Crippen LogP contribution in [0.25, 0.3) is 0 Å². The maximum absolute atomic E-state index is 12.2. The molecule has 114 valence electrons. The van der Waals surface area contributed by atoms with Gasteiger partial charge in [0.15, 0.2) is 0 Å². The van der Waals surface area contributed by atoms with Gasteiger partial charge in [-0.1, -0.05) is 24.6 Å². The van der Waals surface area contributed by atoms with E-state index >= 15 is 0 Å². The zero-order valence-corrected chi connectivity index (χ0v) is 13.8. The van der Waals surface area contributed by atoms with E-state index in [1.54, 1.807) is 11.8 Å². The summed E-state index contributed by atoms with van der Waals surface area (Å²) in [7, 11) is 0. The van der Waals surface area contributed by atoms with Crippen molar-refractivity contribution in [2.75, 3.05) is 5.75 Å². The van der Waals surface area contributed by atoms with E-state index in [1.807, 2.05) is 12.1 Å². The number of thioether (sulfide) groups is 1. The maximum Gasteiger partial charge on any atom is 0.230 e. The van der Waals surface area contributed by atoms with E-state index < -0.39 is 0 Å². The first kappa shape index (κ1) is 15.0. The van der Waals surface area contributed by atoms with Gasteiger partial charge < -0.3 is 5.32 Å². The maximum atomic E-state index is 12.2. The number of amides is 1. The van der Waals surface area contributed by atoms with Gasteiger partial charge in [0, 0.05) is 10.9 Å². The van der Waals surface area contributed by atoms with Crippen LogP contribution < -0.4 is 5.32 Å². The van der Waals surface area contributed by atoms with E-state index in [0.29, 0.717) is 11.8 Å². The summed E-state index contributed by atoms with van der Waals surface area (Å²) in [4.78, 5) is 13.4. The average Bonchev–Trinajstić information content (AvgIpc) is 3.09. The van der Waals surface area contributed by atoms with Crippen molar-refractivity contribution >= 4 is 17.7 Å². The topological polar surface area (TPSA) is 29.1 Å². The second kappa shape index (κ2) is 6.43. The van der Waals surface area contributed by atoms with Gasteiger partial charge >= 0.3 is 0 Å². The van der Waals surface area contributed by atoms with Crippen LogP contribution in [0.3, 0.4) is 0 Å². The van der Waals surface area contributed by atoms with Gasteiger partial charge in [-0.05, 0) is 62.5 Å². The fraction of sp³-hybridized carbons (Fsp3) is 0.611. The Morgan fingerprint density at radius 1 is 1.33 bits per heavy atom. The van der Waals surface area contributed by atoms with Crippen LogP contribution in [0.15, 0.2) is 29.2 Å². The molecule has 1 amide bonds. The van der Waals surface area contributed by atoms with Gasteiger partial charge in [-0.15, -0.1) is 11.8 Å². The number of aryl methyl sites for hydroxylation is 1. The summed E-state index contributed by atoms with van der Waals surface area (Å²) in [6, 6.07) is 8.59. The molecule has 0 saturated heterocycles. The monoisotopic (exact) mass is 303 g/mol. The standard InChI is InChI=1S/C18H25NOS/c1-12-5-3-4-6-17(12)21-11-18(20)19-13(2)16-10-14-7-8-15(16)9-14/h3-6,13-16H,7-11H2,1-2H3,(H,19,20). The summed E-state index contributed by atoms with van der Waals surface area (Å²) in [5.41, 5.74) is 1.25. The Balaban J connectivity index is 1.47. The Hall–Kier alpha value is -0.960. The van der Waals surface area contributed by atoms with Crippen molar-refractivity contribution in [2.24, 2.45) is 17.8 Å². The highest BCUT2D eigenvalue weighted by molar-refractivity contribution is 8.00. The molecule has 4 unspecified atom stereocenters. The summed E-state index contributed by atoms with van der Waals surface area (Å²) in [5.74, 6) is 3.24. The van der Waals surface area contributed by atoms with Gasteiger partial charge in [0.2, 0.25) is 5.91 Å². The van der Waals surface area contributed by atoms with Gasteiger partial charge in [-0.2, -0.15) is 0 Å². The van der Waals surface area contributed by atoms with Crippen molar-refractivity contribution in [1.82, 2.24) is 5.32 Å². The van der Waals surface area contributed by atoms with Crippen LogP contribution in [0.1, 0.15) is 38.2 Å². The zero-order chi connectivity index (χ0) is 14.8. The lowest BCUT2D eigenvalue weighted by molar-refractivity contribution is -0.119. The first-order valence-electron chi connectivity index (χ1n) is 8.11. The Kier molecular flexibility index (Phi) is 4.58. The highest BCUT2D eigenvalue weighted by Crippen LogP contribution is 2.49. The van der Waals surface area contributed by atoms with Crippen LogP contribution in [0.4, 0.5) is 0 Å². The van der Waals surface area contributed by atoms with Crippen molar-refractivity contribution in [3.05, 3.63) is 29.8 Å². The van der Waals surface area contributed by atoms with Crippen molar-refractivity contribution in [1.29, 1.82) is 0 Å². The Labute approximate surface area is 132 Å². The molecule has 21 heavy (non-hydrogen) atoms. The Morgan fingerprint density at radius 3 is 2.81 bits per heavy atom. The molecule has 2 bridgehead atoms. The second-order valence-electron chi connectivity index (χ2n) is 6.75. The van der Waals surface area contributed by atoms with Gasteiger partial charge in [-0.3, -0.25) is 4.79 Å². The molecular formula is C18H25NOS. The first-order chi connectivity index (χ1) is 10.1. The molecule has 1 aromatic carbocycles. The summed E-state index contributed by atoms with van der Waals surface area (Å²) in [6.07, 6.45) is 5.54. The molecule has 0 spiro atoms. The molecule has 2 fully saturated rings. The van der Waals surface area contributed by atoms with Crippen LogP contribution >= 0.6 is 11.8 Å². The highest BCUT2D eigenvalue weighted by atomic mass is 32.2. The fourth-order valence-corrected chi connectivity index (χ4v) is 5.01. The minimum absolute atomic E-state index is 0.179. The largest absolute Gasteiger partial charge is 0.353 e. The molecule has 3 heteroatoms. The van der Waals surface area contributed by atoms with E-state index in [-0.39, 0.29) is 5.91 Å². The van der Waals surface area contributed by atoms with Gasteiger partial charge in [0.05, 0.1) is 5.75 Å². The zero-order valence-electron chi connectivity index (χ0n) is 13.0. The Morgan fingerprint density at radius 2 is 2.14 bits per heavy atom. The molecule has 0 aromatic heterocycles. The second-order valence-corrected chi connectivity index (χ2v) is 7.77. The fourth-order valence-electron chi connectivity index (χ4n) is 4.17. The van der Waals surface area contributed by atoms with Gasteiger partial charge in [-0.25, -0.2) is 0 Å². The van der Waals surface area contributed by atoms with Crippen molar-refractivity contribution in [2.45, 2.75) is 50.5 Å². The lowest BCUT2D eigenvalue weighted by Crippen LogP contribution is -2.40.